The maximum Gasteiger partial charge on any atom is 0.338 e. The molecule has 1 N–H and O–H groups in total. The van der Waals surface area contributed by atoms with Crippen LogP contribution in [0.3, 0.4) is 0 Å². The van der Waals surface area contributed by atoms with Crippen molar-refractivity contribution in [3.8, 4) is 0 Å². The molecule has 2 aliphatic heterocycles. The Morgan fingerprint density at radius 1 is 1.24 bits per heavy atom. The lowest BCUT2D eigenvalue weighted by atomic mass is 9.94. The van der Waals surface area contributed by atoms with Gasteiger partial charge in [-0.3, -0.25) is 4.79 Å². The Morgan fingerprint density at radius 3 is 2.70 bits per heavy atom. The summed E-state index contributed by atoms with van der Waals surface area (Å²) in [7, 11) is 0. The van der Waals surface area contributed by atoms with Crippen LogP contribution in [-0.4, -0.2) is 28.6 Å². The van der Waals surface area contributed by atoms with Crippen LogP contribution in [0.5, 0.6) is 0 Å². The number of hydrogen-bond acceptors (Lipinski definition) is 6. The van der Waals surface area contributed by atoms with Crippen LogP contribution in [0.2, 0.25) is 5.02 Å². The van der Waals surface area contributed by atoms with Gasteiger partial charge in [-0.1, -0.05) is 35.5 Å². The van der Waals surface area contributed by atoms with Gasteiger partial charge in [-0.05, 0) is 61.2 Å². The highest BCUT2D eigenvalue weighted by atomic mass is 35.5. The first-order valence-electron chi connectivity index (χ1n) is 10.3. The summed E-state index contributed by atoms with van der Waals surface area (Å²) in [5.41, 5.74) is 2.91. The highest BCUT2D eigenvalue weighted by Gasteiger charge is 2.41. The molecular formula is C24H21ClFN3O3S. The van der Waals surface area contributed by atoms with Crippen molar-refractivity contribution in [3.63, 3.8) is 0 Å². The molecule has 1 atom stereocenters. The first kappa shape index (κ1) is 23.1. The van der Waals surface area contributed by atoms with E-state index in [2.05, 4.69) is 10.3 Å². The minimum Gasteiger partial charge on any atom is -0.463 e. The first-order chi connectivity index (χ1) is 15.9. The summed E-state index contributed by atoms with van der Waals surface area (Å²) in [4.78, 5) is 32.2. The summed E-state index contributed by atoms with van der Waals surface area (Å²) in [6.07, 6.45) is 0.0373. The average molecular weight is 486 g/mol. The van der Waals surface area contributed by atoms with Gasteiger partial charge in [0.05, 0.1) is 30.3 Å². The van der Waals surface area contributed by atoms with Crippen LogP contribution in [-0.2, 0) is 14.3 Å². The molecule has 33 heavy (non-hydrogen) atoms. The molecule has 0 saturated carbocycles. The number of hydrogen-bond donors (Lipinski definition) is 1. The second kappa shape index (κ2) is 9.80. The van der Waals surface area contributed by atoms with Gasteiger partial charge >= 0.3 is 5.97 Å². The maximum atomic E-state index is 13.2. The predicted octanol–water partition coefficient (Wildman–Crippen LogP) is 5.65. The van der Waals surface area contributed by atoms with Gasteiger partial charge in [-0.15, -0.1) is 0 Å². The molecule has 0 radical (unpaired) electrons. The lowest BCUT2D eigenvalue weighted by Crippen LogP contribution is -2.37. The number of thioether (sulfide) groups is 1. The molecule has 0 saturated heterocycles. The summed E-state index contributed by atoms with van der Waals surface area (Å²) in [6, 6.07) is 12.3. The SMILES string of the molecule is CCOC(=O)C1=C(C)N=C2SC=C(CC(=O)Nc3ccc(F)cc3)N2C1c1cccc(Cl)c1. The number of ether oxygens (including phenoxy) is 1. The number of anilines is 1. The fraction of sp³-hybridized carbons (Fsp3) is 0.208. The number of nitrogens with zero attached hydrogens (tertiary/aromatic N) is 2. The molecule has 6 nitrogen and oxygen atoms in total. The van der Waals surface area contributed by atoms with E-state index < -0.39 is 12.0 Å². The predicted molar refractivity (Wildman–Crippen MR) is 128 cm³/mol. The number of aliphatic imine (C=N–C) groups is 1. The van der Waals surface area contributed by atoms with Crippen molar-refractivity contribution in [2.75, 3.05) is 11.9 Å². The molecule has 0 aromatic heterocycles. The monoisotopic (exact) mass is 485 g/mol. The van der Waals surface area contributed by atoms with Crippen molar-refractivity contribution in [3.05, 3.63) is 87.3 Å². The van der Waals surface area contributed by atoms with Crippen molar-refractivity contribution in [2.45, 2.75) is 26.3 Å². The van der Waals surface area contributed by atoms with Crippen molar-refractivity contribution in [1.82, 2.24) is 4.90 Å². The van der Waals surface area contributed by atoms with Gasteiger partial charge in [-0.2, -0.15) is 0 Å². The number of halogens is 2. The van der Waals surface area contributed by atoms with E-state index in [1.54, 1.807) is 26.0 Å². The van der Waals surface area contributed by atoms with Crippen molar-refractivity contribution in [2.24, 2.45) is 4.99 Å². The van der Waals surface area contributed by atoms with Crippen LogP contribution < -0.4 is 5.32 Å². The Balaban J connectivity index is 1.66. The molecule has 2 heterocycles. The second-order valence-corrected chi connectivity index (χ2v) is 8.67. The lowest BCUT2D eigenvalue weighted by Gasteiger charge is -2.36. The Morgan fingerprint density at radius 2 is 2.00 bits per heavy atom. The van der Waals surface area contributed by atoms with Crippen LogP contribution in [0.4, 0.5) is 10.1 Å². The van der Waals surface area contributed by atoms with E-state index >= 15 is 0 Å². The third kappa shape index (κ3) is 4.96. The number of allylic oxidation sites excluding steroid dienone is 1. The Labute approximate surface area is 200 Å². The van der Waals surface area contributed by atoms with E-state index in [1.165, 1.54) is 36.0 Å². The number of fused-ring (bicyclic) bond motifs is 1. The van der Waals surface area contributed by atoms with Gasteiger partial charge in [0.1, 0.15) is 5.82 Å². The van der Waals surface area contributed by atoms with Crippen LogP contribution in [0, 0.1) is 5.82 Å². The molecule has 1 unspecified atom stereocenters. The van der Waals surface area contributed by atoms with E-state index in [4.69, 9.17) is 16.3 Å². The van der Waals surface area contributed by atoms with Crippen LogP contribution in [0.25, 0.3) is 0 Å². The number of rotatable bonds is 6. The smallest absolute Gasteiger partial charge is 0.338 e. The minimum atomic E-state index is -0.546. The quantitative estimate of drug-likeness (QED) is 0.536. The topological polar surface area (TPSA) is 71.0 Å². The van der Waals surface area contributed by atoms with Gasteiger partial charge in [0.15, 0.2) is 5.17 Å². The highest BCUT2D eigenvalue weighted by Crippen LogP contribution is 2.45. The molecule has 170 valence electrons. The summed E-state index contributed by atoms with van der Waals surface area (Å²) in [5.74, 6) is -1.12. The number of nitrogens with one attached hydrogen (secondary N) is 1. The molecule has 2 aromatic carbocycles. The summed E-state index contributed by atoms with van der Waals surface area (Å²) >= 11 is 7.65. The van der Waals surface area contributed by atoms with E-state index in [0.29, 0.717) is 32.8 Å². The summed E-state index contributed by atoms with van der Waals surface area (Å²) < 4.78 is 18.5. The van der Waals surface area contributed by atoms with E-state index in [-0.39, 0.29) is 24.8 Å². The van der Waals surface area contributed by atoms with Crippen molar-refractivity contribution >= 4 is 46.1 Å². The number of amidine groups is 1. The molecule has 2 aliphatic rings. The van der Waals surface area contributed by atoms with Gasteiger partial charge in [0, 0.05) is 16.4 Å². The molecule has 4 rings (SSSR count). The molecule has 2 aromatic rings. The van der Waals surface area contributed by atoms with E-state index in [0.717, 1.165) is 5.56 Å². The second-order valence-electron chi connectivity index (χ2n) is 7.40. The Hall–Kier alpha value is -3.10. The summed E-state index contributed by atoms with van der Waals surface area (Å²) in [5, 5.41) is 5.81. The number of carbonyl (C=O) groups is 2. The Kier molecular flexibility index (Phi) is 6.85. The van der Waals surface area contributed by atoms with Crippen LogP contribution in [0.1, 0.15) is 31.9 Å². The number of benzene rings is 2. The molecular weight excluding hydrogens is 465 g/mol. The zero-order valence-electron chi connectivity index (χ0n) is 18.0. The van der Waals surface area contributed by atoms with E-state index in [1.807, 2.05) is 22.4 Å². The zero-order valence-corrected chi connectivity index (χ0v) is 19.5. The average Bonchev–Trinajstić information content (AvgIpc) is 3.16. The molecule has 1 amide bonds. The fourth-order valence-electron chi connectivity index (χ4n) is 3.73. The number of esters is 1. The standard InChI is InChI=1S/C24H21ClFN3O3S/c1-3-32-23(31)21-14(2)27-24-29(22(21)15-5-4-6-16(25)11-15)19(13-33-24)12-20(30)28-18-9-7-17(26)8-10-18/h4-11,13,22H,3,12H2,1-2H3,(H,28,30). The van der Waals surface area contributed by atoms with E-state index in [9.17, 15) is 14.0 Å². The van der Waals surface area contributed by atoms with Gasteiger partial charge in [0.25, 0.3) is 0 Å². The molecule has 0 aliphatic carbocycles. The minimum absolute atomic E-state index is 0.0373. The number of carbonyl (C=O) groups excluding carboxylic acids is 2. The zero-order chi connectivity index (χ0) is 23.5. The van der Waals surface area contributed by atoms with Gasteiger partial charge < -0.3 is 15.0 Å². The van der Waals surface area contributed by atoms with Crippen LogP contribution in [0.15, 0.2) is 75.9 Å². The lowest BCUT2D eigenvalue weighted by molar-refractivity contribution is -0.139. The first-order valence-corrected chi connectivity index (χ1v) is 11.6. The molecule has 0 fully saturated rings. The van der Waals surface area contributed by atoms with Crippen LogP contribution >= 0.6 is 23.4 Å². The highest BCUT2D eigenvalue weighted by molar-refractivity contribution is 8.16. The molecule has 0 spiro atoms. The Bertz CT molecular complexity index is 1190. The van der Waals surface area contributed by atoms with Gasteiger partial charge in [-0.25, -0.2) is 14.2 Å². The third-order valence-electron chi connectivity index (χ3n) is 5.13. The van der Waals surface area contributed by atoms with Crippen molar-refractivity contribution in [1.29, 1.82) is 0 Å². The van der Waals surface area contributed by atoms with Crippen molar-refractivity contribution < 1.29 is 18.7 Å². The largest absolute Gasteiger partial charge is 0.463 e. The third-order valence-corrected chi connectivity index (χ3v) is 6.25. The maximum absolute atomic E-state index is 13.2. The fourth-order valence-corrected chi connectivity index (χ4v) is 4.90. The molecule has 9 heteroatoms. The summed E-state index contributed by atoms with van der Waals surface area (Å²) in [6.45, 7) is 3.75. The normalized spacial score (nSPS) is 17.3. The molecule has 0 bridgehead atoms. The van der Waals surface area contributed by atoms with Gasteiger partial charge in [0.2, 0.25) is 5.91 Å². The number of amides is 1.